The second kappa shape index (κ2) is 4.70. The Bertz CT molecular complexity index is 582. The number of aromatic nitrogens is 4. The maximum absolute atomic E-state index is 5.73. The van der Waals surface area contributed by atoms with Crippen LogP contribution in [0.5, 0.6) is 0 Å². The molecule has 3 heterocycles. The molecule has 0 amide bonds. The fourth-order valence-corrected chi connectivity index (χ4v) is 2.88. The van der Waals surface area contributed by atoms with Crippen molar-refractivity contribution in [3.05, 3.63) is 29.5 Å². The number of nitrogens with two attached hydrogens (primary N) is 1. The lowest BCUT2D eigenvalue weighted by atomic mass is 10.1. The molecule has 19 heavy (non-hydrogen) atoms. The summed E-state index contributed by atoms with van der Waals surface area (Å²) < 4.78 is 4.18. The Hall–Kier alpha value is -1.82. The molecule has 0 saturated carbocycles. The molecule has 0 saturated heterocycles. The van der Waals surface area contributed by atoms with E-state index in [1.54, 1.807) is 0 Å². The molecule has 0 unspecified atom stereocenters. The minimum atomic E-state index is 0.655. The number of nitrogens with zero attached hydrogens (tertiary/aromatic N) is 5. The number of aryl methyl sites for hydroxylation is 2. The Morgan fingerprint density at radius 3 is 3.00 bits per heavy atom. The second-order valence-electron chi connectivity index (χ2n) is 5.01. The zero-order valence-electron chi connectivity index (χ0n) is 11.5. The minimum absolute atomic E-state index is 0.655. The molecule has 2 N–H and O–H groups in total. The fraction of sp³-hybridized carbons (Fsp3) is 0.538. The first-order valence-corrected chi connectivity index (χ1v) is 6.68. The zero-order chi connectivity index (χ0) is 13.4. The Balaban J connectivity index is 1.95. The minimum Gasteiger partial charge on any atom is -0.347 e. The second-order valence-corrected chi connectivity index (χ2v) is 5.01. The van der Waals surface area contributed by atoms with Crippen molar-refractivity contribution in [3.63, 3.8) is 0 Å². The molecule has 1 aliphatic heterocycles. The molecule has 0 fully saturated rings. The smallest absolute Gasteiger partial charge is 0.130 e. The van der Waals surface area contributed by atoms with E-state index < -0.39 is 0 Å². The van der Waals surface area contributed by atoms with Crippen LogP contribution in [0.15, 0.2) is 12.4 Å². The third-order valence-corrected chi connectivity index (χ3v) is 3.75. The van der Waals surface area contributed by atoms with E-state index in [2.05, 4.69) is 26.5 Å². The first-order valence-electron chi connectivity index (χ1n) is 6.68. The number of fused-ring (bicyclic) bond motifs is 1. The van der Waals surface area contributed by atoms with Gasteiger partial charge in [-0.15, -0.1) is 0 Å². The maximum atomic E-state index is 5.73. The van der Waals surface area contributed by atoms with Crippen molar-refractivity contribution in [2.45, 2.75) is 26.4 Å². The normalized spacial score (nSPS) is 14.8. The molecule has 2 aromatic heterocycles. The molecule has 0 atom stereocenters. The summed E-state index contributed by atoms with van der Waals surface area (Å²) in [7, 11) is 2.00. The van der Waals surface area contributed by atoms with E-state index in [-0.39, 0.29) is 0 Å². The van der Waals surface area contributed by atoms with E-state index in [9.17, 15) is 0 Å². The number of imidazole rings is 1. The molecule has 3 rings (SSSR count). The zero-order valence-corrected chi connectivity index (χ0v) is 11.5. The summed E-state index contributed by atoms with van der Waals surface area (Å²) in [4.78, 5) is 6.77. The predicted octanol–water partition coefficient (Wildman–Crippen LogP) is 0.446. The Labute approximate surface area is 112 Å². The van der Waals surface area contributed by atoms with Gasteiger partial charge in [0.05, 0.1) is 12.2 Å². The van der Waals surface area contributed by atoms with E-state index in [1.165, 1.54) is 11.4 Å². The van der Waals surface area contributed by atoms with Gasteiger partial charge in [-0.3, -0.25) is 4.68 Å². The van der Waals surface area contributed by atoms with Crippen LogP contribution in [0.1, 0.15) is 17.1 Å². The topological polar surface area (TPSA) is 64.9 Å². The summed E-state index contributed by atoms with van der Waals surface area (Å²) >= 11 is 0. The van der Waals surface area contributed by atoms with Crippen molar-refractivity contribution in [1.29, 1.82) is 0 Å². The standard InChI is InChI=1S/C13H20N6/c1-10-11(3-4-14)13(17(2)16-10)19-8-7-18-6-5-15-12(18)9-19/h5-6H,3-4,7-9,14H2,1-2H3. The monoisotopic (exact) mass is 260 g/mol. The first kappa shape index (κ1) is 12.2. The van der Waals surface area contributed by atoms with Crippen LogP contribution in [0.4, 0.5) is 5.82 Å². The number of hydrogen-bond donors (Lipinski definition) is 1. The van der Waals surface area contributed by atoms with Gasteiger partial charge in [0.1, 0.15) is 11.6 Å². The summed E-state index contributed by atoms with van der Waals surface area (Å²) in [6.45, 7) is 5.51. The van der Waals surface area contributed by atoms with Crippen LogP contribution in [-0.4, -0.2) is 32.4 Å². The SMILES string of the molecule is Cc1nn(C)c(N2CCn3ccnc3C2)c1CCN. The molecule has 6 nitrogen and oxygen atoms in total. The van der Waals surface area contributed by atoms with E-state index in [0.29, 0.717) is 6.54 Å². The average molecular weight is 260 g/mol. The highest BCUT2D eigenvalue weighted by molar-refractivity contribution is 5.51. The Morgan fingerprint density at radius 2 is 2.21 bits per heavy atom. The van der Waals surface area contributed by atoms with E-state index in [0.717, 1.165) is 37.6 Å². The van der Waals surface area contributed by atoms with E-state index in [4.69, 9.17) is 5.73 Å². The Kier molecular flexibility index (Phi) is 3.02. The molecular formula is C13H20N6. The largest absolute Gasteiger partial charge is 0.347 e. The molecule has 6 heteroatoms. The lowest BCUT2D eigenvalue weighted by Crippen LogP contribution is -2.35. The molecule has 0 aromatic carbocycles. The van der Waals surface area contributed by atoms with E-state index >= 15 is 0 Å². The van der Waals surface area contributed by atoms with Gasteiger partial charge in [0.25, 0.3) is 0 Å². The quantitative estimate of drug-likeness (QED) is 0.870. The fourth-order valence-electron chi connectivity index (χ4n) is 2.88. The van der Waals surface area contributed by atoms with Gasteiger partial charge < -0.3 is 15.2 Å². The van der Waals surface area contributed by atoms with Crippen LogP contribution in [0, 0.1) is 6.92 Å². The van der Waals surface area contributed by atoms with Crippen molar-refractivity contribution in [1.82, 2.24) is 19.3 Å². The lowest BCUT2D eigenvalue weighted by Gasteiger charge is -2.30. The van der Waals surface area contributed by atoms with Gasteiger partial charge in [-0.05, 0) is 19.9 Å². The number of anilines is 1. The van der Waals surface area contributed by atoms with Crippen LogP contribution in [0.3, 0.4) is 0 Å². The summed E-state index contributed by atoms with van der Waals surface area (Å²) in [5.41, 5.74) is 8.07. The summed E-state index contributed by atoms with van der Waals surface area (Å²) in [5, 5.41) is 4.54. The summed E-state index contributed by atoms with van der Waals surface area (Å²) in [6.07, 6.45) is 4.79. The van der Waals surface area contributed by atoms with Crippen molar-refractivity contribution in [3.8, 4) is 0 Å². The number of rotatable bonds is 3. The molecule has 0 bridgehead atoms. The first-order chi connectivity index (χ1) is 9.20. The maximum Gasteiger partial charge on any atom is 0.130 e. The lowest BCUT2D eigenvalue weighted by molar-refractivity contribution is 0.544. The molecule has 102 valence electrons. The van der Waals surface area contributed by atoms with Crippen LogP contribution in [0.2, 0.25) is 0 Å². The molecule has 0 spiro atoms. The molecule has 0 aliphatic carbocycles. The molecule has 2 aromatic rings. The number of hydrogen-bond acceptors (Lipinski definition) is 4. The molecule has 0 radical (unpaired) electrons. The van der Waals surface area contributed by atoms with Gasteiger partial charge in [-0.1, -0.05) is 0 Å². The van der Waals surface area contributed by atoms with Crippen LogP contribution < -0.4 is 10.6 Å². The highest BCUT2D eigenvalue weighted by Gasteiger charge is 2.23. The van der Waals surface area contributed by atoms with Gasteiger partial charge >= 0.3 is 0 Å². The van der Waals surface area contributed by atoms with Crippen LogP contribution in [-0.2, 0) is 26.6 Å². The highest BCUT2D eigenvalue weighted by Crippen LogP contribution is 2.26. The van der Waals surface area contributed by atoms with Crippen LogP contribution >= 0.6 is 0 Å². The van der Waals surface area contributed by atoms with Crippen molar-refractivity contribution >= 4 is 5.82 Å². The molecular weight excluding hydrogens is 240 g/mol. The van der Waals surface area contributed by atoms with Gasteiger partial charge in [0.2, 0.25) is 0 Å². The van der Waals surface area contributed by atoms with Crippen molar-refractivity contribution < 1.29 is 0 Å². The van der Waals surface area contributed by atoms with Gasteiger partial charge in [-0.25, -0.2) is 4.98 Å². The third-order valence-electron chi connectivity index (χ3n) is 3.75. The molecule has 1 aliphatic rings. The average Bonchev–Trinajstić information content (AvgIpc) is 2.94. The van der Waals surface area contributed by atoms with Gasteiger partial charge in [0.15, 0.2) is 0 Å². The van der Waals surface area contributed by atoms with Crippen LogP contribution in [0.25, 0.3) is 0 Å². The predicted molar refractivity (Wildman–Crippen MR) is 74.0 cm³/mol. The van der Waals surface area contributed by atoms with Gasteiger partial charge in [0, 0.05) is 38.1 Å². The summed E-state index contributed by atoms with van der Waals surface area (Å²) in [5.74, 6) is 2.31. The van der Waals surface area contributed by atoms with Gasteiger partial charge in [-0.2, -0.15) is 5.10 Å². The third kappa shape index (κ3) is 2.02. The summed E-state index contributed by atoms with van der Waals surface area (Å²) in [6, 6.07) is 0. The van der Waals surface area contributed by atoms with Crippen molar-refractivity contribution in [2.24, 2.45) is 12.8 Å². The highest BCUT2D eigenvalue weighted by atomic mass is 15.4. The van der Waals surface area contributed by atoms with E-state index in [1.807, 2.05) is 24.1 Å². The Morgan fingerprint density at radius 1 is 1.37 bits per heavy atom. The van der Waals surface area contributed by atoms with Crippen molar-refractivity contribution in [2.75, 3.05) is 18.0 Å².